The van der Waals surface area contributed by atoms with Crippen LogP contribution in [0.5, 0.6) is 0 Å². The zero-order chi connectivity index (χ0) is 13.1. The number of rotatable bonds is 4. The normalized spacial score (nSPS) is 11.2. The molecule has 0 radical (unpaired) electrons. The molecule has 3 nitrogen and oxygen atoms in total. The van der Waals surface area contributed by atoms with E-state index < -0.39 is 0 Å². The van der Waals surface area contributed by atoms with Crippen molar-refractivity contribution < 1.29 is 4.42 Å². The zero-order valence-corrected chi connectivity index (χ0v) is 13.1. The lowest BCUT2D eigenvalue weighted by molar-refractivity contribution is 0.459. The Morgan fingerprint density at radius 1 is 1.44 bits per heavy atom. The van der Waals surface area contributed by atoms with Crippen LogP contribution in [0.15, 0.2) is 28.8 Å². The van der Waals surface area contributed by atoms with Crippen molar-refractivity contribution >= 4 is 34.2 Å². The molecule has 0 saturated carbocycles. The van der Waals surface area contributed by atoms with Gasteiger partial charge in [0.05, 0.1) is 17.8 Å². The molecule has 1 aromatic carbocycles. The molecule has 0 aliphatic carbocycles. The lowest BCUT2D eigenvalue weighted by Crippen LogP contribution is -2.21. The first-order valence-corrected chi connectivity index (χ1v) is 7.15. The van der Waals surface area contributed by atoms with Crippen LogP contribution in [0.25, 0.3) is 11.3 Å². The molecular weight excluding hydrogens is 363 g/mol. The van der Waals surface area contributed by atoms with Crippen LogP contribution in [0.1, 0.15) is 19.7 Å². The molecule has 0 unspecified atom stereocenters. The zero-order valence-electron chi connectivity index (χ0n) is 10.2. The summed E-state index contributed by atoms with van der Waals surface area (Å²) in [6.45, 7) is 4.81. The number of hydrogen-bond acceptors (Lipinski definition) is 3. The molecule has 0 amide bonds. The molecule has 2 rings (SSSR count). The molecule has 0 bridgehead atoms. The van der Waals surface area contributed by atoms with Gasteiger partial charge in [0.1, 0.15) is 0 Å². The van der Waals surface area contributed by atoms with Gasteiger partial charge in [0, 0.05) is 15.2 Å². The van der Waals surface area contributed by atoms with Crippen LogP contribution in [0.4, 0.5) is 0 Å². The summed E-state index contributed by atoms with van der Waals surface area (Å²) in [5, 5.41) is 3.99. The molecule has 1 heterocycles. The SMILES string of the molecule is CC(C)NCc1ncc(-c2ccc(I)c(Cl)c2)o1. The van der Waals surface area contributed by atoms with E-state index in [9.17, 15) is 0 Å². The average molecular weight is 377 g/mol. The van der Waals surface area contributed by atoms with Gasteiger partial charge in [-0.25, -0.2) is 4.98 Å². The van der Waals surface area contributed by atoms with Crippen molar-refractivity contribution in [1.82, 2.24) is 10.3 Å². The highest BCUT2D eigenvalue weighted by molar-refractivity contribution is 14.1. The Hall–Kier alpha value is -0.590. The van der Waals surface area contributed by atoms with Gasteiger partial charge in [-0.05, 0) is 34.7 Å². The van der Waals surface area contributed by atoms with E-state index in [0.29, 0.717) is 18.5 Å². The van der Waals surface area contributed by atoms with Gasteiger partial charge in [-0.2, -0.15) is 0 Å². The standard InChI is InChI=1S/C13H14ClIN2O/c1-8(2)16-7-13-17-6-12(18-13)9-3-4-11(15)10(14)5-9/h3-6,8,16H,7H2,1-2H3. The summed E-state index contributed by atoms with van der Waals surface area (Å²) in [6, 6.07) is 6.25. The van der Waals surface area contributed by atoms with Crippen molar-refractivity contribution in [2.24, 2.45) is 0 Å². The van der Waals surface area contributed by atoms with Gasteiger partial charge in [0.2, 0.25) is 5.89 Å². The maximum absolute atomic E-state index is 6.09. The summed E-state index contributed by atoms with van der Waals surface area (Å²) in [6.07, 6.45) is 1.73. The minimum Gasteiger partial charge on any atom is -0.439 e. The van der Waals surface area contributed by atoms with Gasteiger partial charge < -0.3 is 9.73 Å². The van der Waals surface area contributed by atoms with Crippen LogP contribution in [0.2, 0.25) is 5.02 Å². The second kappa shape index (κ2) is 6.04. The van der Waals surface area contributed by atoms with E-state index in [-0.39, 0.29) is 0 Å². The van der Waals surface area contributed by atoms with Crippen LogP contribution in [0.3, 0.4) is 0 Å². The number of benzene rings is 1. The maximum Gasteiger partial charge on any atom is 0.208 e. The third-order valence-electron chi connectivity index (χ3n) is 2.42. The van der Waals surface area contributed by atoms with E-state index in [2.05, 4.69) is 46.7 Å². The lowest BCUT2D eigenvalue weighted by Gasteiger charge is -2.04. The average Bonchev–Trinajstić information content (AvgIpc) is 2.79. The van der Waals surface area contributed by atoms with E-state index in [1.54, 1.807) is 6.20 Å². The van der Waals surface area contributed by atoms with Gasteiger partial charge in [-0.1, -0.05) is 31.5 Å². The molecule has 0 saturated heterocycles. The minimum atomic E-state index is 0.410. The molecule has 0 aliphatic rings. The molecule has 0 aliphatic heterocycles. The lowest BCUT2D eigenvalue weighted by atomic mass is 10.2. The minimum absolute atomic E-state index is 0.410. The van der Waals surface area contributed by atoms with Crippen molar-refractivity contribution in [3.63, 3.8) is 0 Å². The summed E-state index contributed by atoms with van der Waals surface area (Å²) in [5.74, 6) is 1.43. The Labute approximate surface area is 125 Å². The second-order valence-corrected chi connectivity index (χ2v) is 5.85. The third-order valence-corrected chi connectivity index (χ3v) is 3.99. The fraction of sp³-hybridized carbons (Fsp3) is 0.308. The molecule has 2 aromatic rings. The van der Waals surface area contributed by atoms with Crippen LogP contribution >= 0.6 is 34.2 Å². The van der Waals surface area contributed by atoms with Gasteiger partial charge in [-0.15, -0.1) is 0 Å². The van der Waals surface area contributed by atoms with Crippen molar-refractivity contribution in [2.45, 2.75) is 26.4 Å². The number of nitrogens with zero attached hydrogens (tertiary/aromatic N) is 1. The van der Waals surface area contributed by atoms with E-state index in [1.807, 2.05) is 18.2 Å². The predicted molar refractivity (Wildman–Crippen MR) is 81.6 cm³/mol. The van der Waals surface area contributed by atoms with Crippen LogP contribution in [0, 0.1) is 3.57 Å². The van der Waals surface area contributed by atoms with E-state index in [0.717, 1.165) is 19.9 Å². The molecule has 0 spiro atoms. The molecule has 1 aromatic heterocycles. The summed E-state index contributed by atoms with van der Waals surface area (Å²) in [5.41, 5.74) is 0.948. The summed E-state index contributed by atoms with van der Waals surface area (Å²) in [7, 11) is 0. The number of halogens is 2. The monoisotopic (exact) mass is 376 g/mol. The molecule has 5 heteroatoms. The molecule has 96 valence electrons. The number of aromatic nitrogens is 1. The Balaban J connectivity index is 2.16. The Kier molecular flexibility index (Phi) is 4.64. The van der Waals surface area contributed by atoms with Crippen LogP contribution in [-0.2, 0) is 6.54 Å². The topological polar surface area (TPSA) is 38.1 Å². The van der Waals surface area contributed by atoms with Gasteiger partial charge in [0.25, 0.3) is 0 Å². The highest BCUT2D eigenvalue weighted by atomic mass is 127. The fourth-order valence-electron chi connectivity index (χ4n) is 1.47. The summed E-state index contributed by atoms with van der Waals surface area (Å²) >= 11 is 8.29. The first kappa shape index (κ1) is 13.8. The summed E-state index contributed by atoms with van der Waals surface area (Å²) in [4.78, 5) is 4.24. The number of oxazole rings is 1. The van der Waals surface area contributed by atoms with E-state index >= 15 is 0 Å². The van der Waals surface area contributed by atoms with Crippen molar-refractivity contribution in [1.29, 1.82) is 0 Å². The van der Waals surface area contributed by atoms with Gasteiger partial charge in [-0.3, -0.25) is 0 Å². The maximum atomic E-state index is 6.09. The highest BCUT2D eigenvalue weighted by Gasteiger charge is 2.08. The Morgan fingerprint density at radius 3 is 2.89 bits per heavy atom. The van der Waals surface area contributed by atoms with Crippen molar-refractivity contribution in [3.05, 3.63) is 38.9 Å². The molecule has 1 N–H and O–H groups in total. The van der Waals surface area contributed by atoms with Crippen LogP contribution in [-0.4, -0.2) is 11.0 Å². The molecule has 0 fully saturated rings. The largest absolute Gasteiger partial charge is 0.439 e. The quantitative estimate of drug-likeness (QED) is 0.817. The molecular formula is C13H14ClIN2O. The highest BCUT2D eigenvalue weighted by Crippen LogP contribution is 2.27. The van der Waals surface area contributed by atoms with Gasteiger partial charge in [0.15, 0.2) is 5.76 Å². The smallest absolute Gasteiger partial charge is 0.208 e. The summed E-state index contributed by atoms with van der Waals surface area (Å²) < 4.78 is 6.71. The van der Waals surface area contributed by atoms with Crippen molar-refractivity contribution in [3.8, 4) is 11.3 Å². The van der Waals surface area contributed by atoms with Crippen molar-refractivity contribution in [2.75, 3.05) is 0 Å². The van der Waals surface area contributed by atoms with Gasteiger partial charge >= 0.3 is 0 Å². The van der Waals surface area contributed by atoms with E-state index in [4.69, 9.17) is 16.0 Å². The third kappa shape index (κ3) is 3.46. The first-order chi connectivity index (χ1) is 8.56. The second-order valence-electron chi connectivity index (χ2n) is 4.28. The predicted octanol–water partition coefficient (Wildman–Crippen LogP) is 4.10. The number of nitrogens with one attached hydrogen (secondary N) is 1. The Bertz CT molecular complexity index is 540. The number of hydrogen-bond donors (Lipinski definition) is 1. The fourth-order valence-corrected chi connectivity index (χ4v) is 1.98. The molecule has 0 atom stereocenters. The molecule has 18 heavy (non-hydrogen) atoms. The van der Waals surface area contributed by atoms with Crippen LogP contribution < -0.4 is 5.32 Å². The first-order valence-electron chi connectivity index (χ1n) is 5.70. The van der Waals surface area contributed by atoms with E-state index in [1.165, 1.54) is 0 Å². The Morgan fingerprint density at radius 2 is 2.22 bits per heavy atom.